The molecule has 1 saturated carbocycles. The Labute approximate surface area is 102 Å². The normalized spacial score (nSPS) is 14.1. The molecule has 1 aliphatic rings. The molecule has 2 rings (SSSR count). The summed E-state index contributed by atoms with van der Waals surface area (Å²) in [4.78, 5) is 11.2. The van der Waals surface area contributed by atoms with E-state index in [1.165, 1.54) is 25.5 Å². The maximum atomic E-state index is 11.2. The van der Waals surface area contributed by atoms with Crippen molar-refractivity contribution in [2.45, 2.75) is 25.4 Å². The number of hydrogen-bond acceptors (Lipinski definition) is 3. The third-order valence-electron chi connectivity index (χ3n) is 2.55. The predicted molar refractivity (Wildman–Crippen MR) is 64.9 cm³/mol. The van der Waals surface area contributed by atoms with Crippen molar-refractivity contribution in [3.63, 3.8) is 0 Å². The van der Waals surface area contributed by atoms with Crippen LogP contribution < -0.4 is 5.32 Å². The molecule has 4 heteroatoms. The van der Waals surface area contributed by atoms with Gasteiger partial charge in [-0.15, -0.1) is 12.4 Å². The van der Waals surface area contributed by atoms with Gasteiger partial charge in [0.25, 0.3) is 0 Å². The van der Waals surface area contributed by atoms with E-state index in [0.29, 0.717) is 11.6 Å². The average molecular weight is 242 g/mol. The van der Waals surface area contributed by atoms with Gasteiger partial charge in [-0.2, -0.15) is 0 Å². The lowest BCUT2D eigenvalue weighted by Gasteiger charge is -2.04. The molecule has 0 bridgehead atoms. The molecule has 0 spiro atoms. The van der Waals surface area contributed by atoms with Crippen molar-refractivity contribution in [3.05, 3.63) is 35.4 Å². The summed E-state index contributed by atoms with van der Waals surface area (Å²) in [7, 11) is 1.39. The Bertz CT molecular complexity index is 347. The fourth-order valence-corrected chi connectivity index (χ4v) is 1.43. The summed E-state index contributed by atoms with van der Waals surface area (Å²) in [6.07, 6.45) is 2.58. The molecular formula is C12H16ClNO2. The van der Waals surface area contributed by atoms with Crippen LogP contribution in [0.3, 0.4) is 0 Å². The zero-order valence-corrected chi connectivity index (χ0v) is 10.0. The second-order valence-corrected chi connectivity index (χ2v) is 3.84. The van der Waals surface area contributed by atoms with Gasteiger partial charge in [0, 0.05) is 12.6 Å². The Morgan fingerprint density at radius 3 is 2.50 bits per heavy atom. The number of carbonyl (C=O) groups excluding carboxylic acids is 1. The Morgan fingerprint density at radius 1 is 1.38 bits per heavy atom. The van der Waals surface area contributed by atoms with Crippen molar-refractivity contribution in [2.75, 3.05) is 7.11 Å². The van der Waals surface area contributed by atoms with Gasteiger partial charge in [-0.25, -0.2) is 4.79 Å². The highest BCUT2D eigenvalue weighted by Crippen LogP contribution is 2.19. The maximum Gasteiger partial charge on any atom is 0.337 e. The highest BCUT2D eigenvalue weighted by atomic mass is 35.5. The number of methoxy groups -OCH3 is 1. The summed E-state index contributed by atoms with van der Waals surface area (Å²) >= 11 is 0. The van der Waals surface area contributed by atoms with Crippen LogP contribution in [-0.2, 0) is 11.3 Å². The van der Waals surface area contributed by atoms with Crippen molar-refractivity contribution in [2.24, 2.45) is 0 Å². The molecule has 1 aromatic carbocycles. The zero-order valence-electron chi connectivity index (χ0n) is 9.23. The molecular weight excluding hydrogens is 226 g/mol. The van der Waals surface area contributed by atoms with Crippen LogP contribution in [0.1, 0.15) is 28.8 Å². The molecule has 0 radical (unpaired) electrons. The van der Waals surface area contributed by atoms with Gasteiger partial charge in [0.1, 0.15) is 0 Å². The van der Waals surface area contributed by atoms with Crippen LogP contribution in [0, 0.1) is 0 Å². The van der Waals surface area contributed by atoms with Crippen LogP contribution in [0.5, 0.6) is 0 Å². The molecule has 0 unspecified atom stereocenters. The van der Waals surface area contributed by atoms with E-state index in [2.05, 4.69) is 10.1 Å². The van der Waals surface area contributed by atoms with E-state index in [9.17, 15) is 4.79 Å². The minimum absolute atomic E-state index is 0. The molecule has 88 valence electrons. The number of hydrogen-bond donors (Lipinski definition) is 1. The number of nitrogens with one attached hydrogen (secondary N) is 1. The monoisotopic (exact) mass is 241 g/mol. The largest absolute Gasteiger partial charge is 0.465 e. The standard InChI is InChI=1S/C12H15NO2.ClH/c1-15-12(14)10-4-2-9(3-5-10)8-13-11-6-7-11;/h2-5,11,13H,6-8H2,1H3;1H. The van der Waals surface area contributed by atoms with Crippen LogP contribution in [0.4, 0.5) is 0 Å². The Balaban J connectivity index is 0.00000128. The number of halogens is 1. The fourth-order valence-electron chi connectivity index (χ4n) is 1.43. The summed E-state index contributed by atoms with van der Waals surface area (Å²) in [6, 6.07) is 8.24. The Hall–Kier alpha value is -1.06. The van der Waals surface area contributed by atoms with Crippen LogP contribution in [0.15, 0.2) is 24.3 Å². The highest BCUT2D eigenvalue weighted by Gasteiger charge is 2.19. The molecule has 0 heterocycles. The molecule has 1 aromatic rings. The van der Waals surface area contributed by atoms with Gasteiger partial charge in [0.2, 0.25) is 0 Å². The smallest absolute Gasteiger partial charge is 0.337 e. The lowest BCUT2D eigenvalue weighted by Crippen LogP contribution is -2.15. The summed E-state index contributed by atoms with van der Waals surface area (Å²) in [5, 5.41) is 3.42. The van der Waals surface area contributed by atoms with Crippen molar-refractivity contribution in [1.29, 1.82) is 0 Å². The Kier molecular flexibility index (Phi) is 4.77. The van der Waals surface area contributed by atoms with Gasteiger partial charge in [0.15, 0.2) is 0 Å². The molecule has 16 heavy (non-hydrogen) atoms. The van der Waals surface area contributed by atoms with Gasteiger partial charge in [-0.1, -0.05) is 12.1 Å². The lowest BCUT2D eigenvalue weighted by atomic mass is 10.1. The zero-order chi connectivity index (χ0) is 10.7. The van der Waals surface area contributed by atoms with E-state index in [-0.39, 0.29) is 18.4 Å². The first-order chi connectivity index (χ1) is 7.29. The van der Waals surface area contributed by atoms with Gasteiger partial charge >= 0.3 is 5.97 Å². The van der Waals surface area contributed by atoms with Crippen molar-refractivity contribution in [3.8, 4) is 0 Å². The second-order valence-electron chi connectivity index (χ2n) is 3.84. The first-order valence-corrected chi connectivity index (χ1v) is 5.20. The number of carbonyl (C=O) groups is 1. The summed E-state index contributed by atoms with van der Waals surface area (Å²) in [5.74, 6) is -0.281. The van der Waals surface area contributed by atoms with E-state index >= 15 is 0 Å². The third-order valence-corrected chi connectivity index (χ3v) is 2.55. The van der Waals surface area contributed by atoms with Crippen LogP contribution in [-0.4, -0.2) is 19.1 Å². The molecule has 0 aromatic heterocycles. The highest BCUT2D eigenvalue weighted by molar-refractivity contribution is 5.89. The van der Waals surface area contributed by atoms with E-state index in [4.69, 9.17) is 0 Å². The fraction of sp³-hybridized carbons (Fsp3) is 0.417. The summed E-state index contributed by atoms with van der Waals surface area (Å²) in [5.41, 5.74) is 1.81. The predicted octanol–water partition coefficient (Wildman–Crippen LogP) is 2.15. The first-order valence-electron chi connectivity index (χ1n) is 5.20. The quantitative estimate of drug-likeness (QED) is 0.821. The molecule has 0 aliphatic heterocycles. The van der Waals surface area contributed by atoms with E-state index < -0.39 is 0 Å². The Morgan fingerprint density at radius 2 is 2.00 bits per heavy atom. The lowest BCUT2D eigenvalue weighted by molar-refractivity contribution is 0.0600. The summed E-state index contributed by atoms with van der Waals surface area (Å²) < 4.78 is 4.63. The van der Waals surface area contributed by atoms with Crippen molar-refractivity contribution >= 4 is 18.4 Å². The first kappa shape index (κ1) is 13.0. The van der Waals surface area contributed by atoms with Crippen LogP contribution in [0.2, 0.25) is 0 Å². The average Bonchev–Trinajstić information content (AvgIpc) is 3.10. The van der Waals surface area contributed by atoms with Gasteiger partial charge in [-0.05, 0) is 30.5 Å². The van der Waals surface area contributed by atoms with E-state index in [0.717, 1.165) is 6.54 Å². The number of esters is 1. The number of ether oxygens (including phenoxy) is 1. The van der Waals surface area contributed by atoms with Crippen molar-refractivity contribution in [1.82, 2.24) is 5.32 Å². The number of rotatable bonds is 4. The molecule has 3 nitrogen and oxygen atoms in total. The molecule has 0 atom stereocenters. The van der Waals surface area contributed by atoms with Gasteiger partial charge in [0.05, 0.1) is 12.7 Å². The van der Waals surface area contributed by atoms with Gasteiger partial charge in [-0.3, -0.25) is 0 Å². The second kappa shape index (κ2) is 5.87. The topological polar surface area (TPSA) is 38.3 Å². The molecule has 0 saturated heterocycles. The van der Waals surface area contributed by atoms with Gasteiger partial charge < -0.3 is 10.1 Å². The molecule has 1 aliphatic carbocycles. The SMILES string of the molecule is COC(=O)c1ccc(CNC2CC2)cc1.Cl. The van der Waals surface area contributed by atoms with Crippen LogP contribution >= 0.6 is 12.4 Å². The van der Waals surface area contributed by atoms with Crippen molar-refractivity contribution < 1.29 is 9.53 Å². The molecule has 0 amide bonds. The maximum absolute atomic E-state index is 11.2. The minimum Gasteiger partial charge on any atom is -0.465 e. The van der Waals surface area contributed by atoms with E-state index in [1.54, 1.807) is 12.1 Å². The summed E-state index contributed by atoms with van der Waals surface area (Å²) in [6.45, 7) is 0.881. The molecule has 1 N–H and O–H groups in total. The van der Waals surface area contributed by atoms with Crippen LogP contribution in [0.25, 0.3) is 0 Å². The third kappa shape index (κ3) is 3.51. The number of benzene rings is 1. The molecule has 1 fully saturated rings. The minimum atomic E-state index is -0.281. The van der Waals surface area contributed by atoms with E-state index in [1.807, 2.05) is 12.1 Å².